The van der Waals surface area contributed by atoms with Gasteiger partial charge >= 0.3 is 0 Å². The summed E-state index contributed by atoms with van der Waals surface area (Å²) in [5.41, 5.74) is 3.16. The van der Waals surface area contributed by atoms with Crippen molar-refractivity contribution in [2.45, 2.75) is 18.2 Å². The Hall–Kier alpha value is -2.11. The second-order valence-corrected chi connectivity index (χ2v) is 8.46. The van der Waals surface area contributed by atoms with Crippen LogP contribution in [0.15, 0.2) is 65.6 Å². The van der Waals surface area contributed by atoms with Crippen LogP contribution in [-0.4, -0.2) is 32.9 Å². The summed E-state index contributed by atoms with van der Waals surface area (Å²) in [6.45, 7) is 6.91. The Morgan fingerprint density at radius 1 is 1.12 bits per heavy atom. The molecule has 5 heteroatoms. The Morgan fingerprint density at radius 2 is 1.76 bits per heavy atom. The van der Waals surface area contributed by atoms with Gasteiger partial charge in [0.2, 0.25) is 10.0 Å². The van der Waals surface area contributed by atoms with E-state index < -0.39 is 10.0 Å². The van der Waals surface area contributed by atoms with E-state index in [1.807, 2.05) is 43.3 Å². The van der Waals surface area contributed by atoms with Gasteiger partial charge in [-0.3, -0.25) is 0 Å². The molecule has 1 atom stereocenters. The van der Waals surface area contributed by atoms with Crippen molar-refractivity contribution in [2.24, 2.45) is 5.92 Å². The molecule has 2 aromatic carbocycles. The van der Waals surface area contributed by atoms with E-state index in [9.17, 15) is 8.42 Å². The highest BCUT2D eigenvalue weighted by molar-refractivity contribution is 7.89. The Labute approximate surface area is 149 Å². The van der Waals surface area contributed by atoms with Crippen molar-refractivity contribution in [3.63, 3.8) is 0 Å². The van der Waals surface area contributed by atoms with E-state index in [0.717, 1.165) is 28.9 Å². The van der Waals surface area contributed by atoms with Crippen LogP contribution >= 0.6 is 0 Å². The van der Waals surface area contributed by atoms with Crippen LogP contribution in [0.25, 0.3) is 0 Å². The molecule has 0 saturated carbocycles. The van der Waals surface area contributed by atoms with Gasteiger partial charge in [-0.2, -0.15) is 4.31 Å². The molecule has 25 heavy (non-hydrogen) atoms. The molecule has 132 valence electrons. The third kappa shape index (κ3) is 3.78. The van der Waals surface area contributed by atoms with Gasteiger partial charge in [0.15, 0.2) is 0 Å². The van der Waals surface area contributed by atoms with Gasteiger partial charge in [0.1, 0.15) is 5.75 Å². The molecule has 1 aliphatic rings. The standard InChI is InChI=1S/C20H23NO3S/c1-15-4-10-20(11-5-15)25(22,23)21-13-16(2)18(14-21)12-17-6-8-19(24-3)9-7-17/h4-11,18H,2,12-14H2,1,3H3. The van der Waals surface area contributed by atoms with E-state index in [1.165, 1.54) is 4.31 Å². The lowest BCUT2D eigenvalue weighted by Gasteiger charge is -2.16. The monoisotopic (exact) mass is 357 g/mol. The molecule has 0 spiro atoms. The van der Waals surface area contributed by atoms with Crippen LogP contribution in [0.5, 0.6) is 5.75 Å². The summed E-state index contributed by atoms with van der Waals surface area (Å²) in [5.74, 6) is 0.950. The average Bonchev–Trinajstić information content (AvgIpc) is 2.97. The molecule has 2 aromatic rings. The van der Waals surface area contributed by atoms with Gasteiger partial charge in [-0.05, 0) is 49.1 Å². The van der Waals surface area contributed by atoms with E-state index in [2.05, 4.69) is 6.58 Å². The fourth-order valence-electron chi connectivity index (χ4n) is 3.09. The predicted molar refractivity (Wildman–Crippen MR) is 99.3 cm³/mol. The van der Waals surface area contributed by atoms with Crippen LogP contribution in [0.4, 0.5) is 0 Å². The number of aryl methyl sites for hydroxylation is 1. The van der Waals surface area contributed by atoms with Crippen LogP contribution in [0, 0.1) is 12.8 Å². The summed E-state index contributed by atoms with van der Waals surface area (Å²) in [4.78, 5) is 0.344. The molecule has 1 aliphatic heterocycles. The number of hydrogen-bond acceptors (Lipinski definition) is 3. The van der Waals surface area contributed by atoms with Crippen LogP contribution < -0.4 is 4.74 Å². The minimum Gasteiger partial charge on any atom is -0.497 e. The van der Waals surface area contributed by atoms with Crippen molar-refractivity contribution in [1.82, 2.24) is 4.31 Å². The van der Waals surface area contributed by atoms with Gasteiger partial charge in [0.05, 0.1) is 12.0 Å². The Morgan fingerprint density at radius 3 is 2.36 bits per heavy atom. The molecule has 0 radical (unpaired) electrons. The van der Waals surface area contributed by atoms with Crippen molar-refractivity contribution < 1.29 is 13.2 Å². The molecule has 1 saturated heterocycles. The maximum absolute atomic E-state index is 12.8. The number of benzene rings is 2. The van der Waals surface area contributed by atoms with Crippen LogP contribution in [0.2, 0.25) is 0 Å². The van der Waals surface area contributed by atoms with Gasteiger partial charge in [-0.25, -0.2) is 8.42 Å². The Kier molecular flexibility index (Phi) is 4.97. The molecule has 0 bridgehead atoms. The first-order valence-corrected chi connectivity index (χ1v) is 9.71. The lowest BCUT2D eigenvalue weighted by Crippen LogP contribution is -2.29. The highest BCUT2D eigenvalue weighted by Crippen LogP contribution is 2.30. The van der Waals surface area contributed by atoms with Crippen LogP contribution in [0.1, 0.15) is 11.1 Å². The maximum Gasteiger partial charge on any atom is 0.243 e. The van der Waals surface area contributed by atoms with E-state index in [1.54, 1.807) is 19.2 Å². The highest BCUT2D eigenvalue weighted by Gasteiger charge is 2.34. The van der Waals surface area contributed by atoms with E-state index in [0.29, 0.717) is 18.0 Å². The second kappa shape index (κ2) is 7.02. The predicted octanol–water partition coefficient (Wildman–Crippen LogP) is 3.42. The van der Waals surface area contributed by atoms with Crippen molar-refractivity contribution in [3.05, 3.63) is 71.8 Å². The molecular weight excluding hydrogens is 334 g/mol. The molecule has 0 aromatic heterocycles. The fourth-order valence-corrected chi connectivity index (χ4v) is 4.58. The van der Waals surface area contributed by atoms with Gasteiger partial charge in [-0.15, -0.1) is 0 Å². The zero-order valence-electron chi connectivity index (χ0n) is 14.6. The molecule has 1 heterocycles. The van der Waals surface area contributed by atoms with E-state index in [-0.39, 0.29) is 5.92 Å². The molecular formula is C20H23NO3S. The van der Waals surface area contributed by atoms with Gasteiger partial charge in [0, 0.05) is 13.1 Å². The third-order valence-electron chi connectivity index (χ3n) is 4.68. The lowest BCUT2D eigenvalue weighted by molar-refractivity contribution is 0.414. The van der Waals surface area contributed by atoms with Gasteiger partial charge in [0.25, 0.3) is 0 Å². The minimum absolute atomic E-state index is 0.133. The summed E-state index contributed by atoms with van der Waals surface area (Å²) in [6.07, 6.45) is 0.781. The highest BCUT2D eigenvalue weighted by atomic mass is 32.2. The van der Waals surface area contributed by atoms with E-state index in [4.69, 9.17) is 4.74 Å². The topological polar surface area (TPSA) is 46.6 Å². The number of nitrogens with zero attached hydrogens (tertiary/aromatic N) is 1. The number of ether oxygens (including phenoxy) is 1. The summed E-state index contributed by atoms with van der Waals surface area (Å²) in [7, 11) is -1.83. The van der Waals surface area contributed by atoms with Crippen molar-refractivity contribution in [1.29, 1.82) is 0 Å². The Bertz CT molecular complexity index is 855. The largest absolute Gasteiger partial charge is 0.497 e. The summed E-state index contributed by atoms with van der Waals surface area (Å²) >= 11 is 0. The molecule has 0 N–H and O–H groups in total. The van der Waals surface area contributed by atoms with Crippen molar-refractivity contribution in [3.8, 4) is 5.75 Å². The first kappa shape index (κ1) is 17.7. The zero-order chi connectivity index (χ0) is 18.0. The molecule has 1 fully saturated rings. The zero-order valence-corrected chi connectivity index (χ0v) is 15.4. The molecule has 0 amide bonds. The van der Waals surface area contributed by atoms with Crippen molar-refractivity contribution >= 4 is 10.0 Å². The number of hydrogen-bond donors (Lipinski definition) is 0. The number of rotatable bonds is 5. The van der Waals surface area contributed by atoms with Gasteiger partial charge in [-0.1, -0.05) is 42.0 Å². The number of sulfonamides is 1. The second-order valence-electron chi connectivity index (χ2n) is 6.52. The SMILES string of the molecule is C=C1CN(S(=O)(=O)c2ccc(C)cc2)CC1Cc1ccc(OC)cc1. The van der Waals surface area contributed by atoms with Gasteiger partial charge < -0.3 is 4.74 Å². The molecule has 1 unspecified atom stereocenters. The smallest absolute Gasteiger partial charge is 0.243 e. The molecule has 4 nitrogen and oxygen atoms in total. The normalized spacial score (nSPS) is 18.5. The summed E-state index contributed by atoms with van der Waals surface area (Å²) in [5, 5.41) is 0. The first-order valence-electron chi connectivity index (χ1n) is 8.27. The average molecular weight is 357 g/mol. The first-order chi connectivity index (χ1) is 11.9. The minimum atomic E-state index is -3.47. The Balaban J connectivity index is 1.74. The maximum atomic E-state index is 12.8. The summed E-state index contributed by atoms with van der Waals surface area (Å²) < 4.78 is 32.4. The quantitative estimate of drug-likeness (QED) is 0.770. The molecule has 3 rings (SSSR count). The summed E-state index contributed by atoms with van der Waals surface area (Å²) in [6, 6.07) is 14.9. The molecule has 0 aliphatic carbocycles. The van der Waals surface area contributed by atoms with E-state index >= 15 is 0 Å². The third-order valence-corrected chi connectivity index (χ3v) is 6.51. The fraction of sp³-hybridized carbons (Fsp3) is 0.300. The lowest BCUT2D eigenvalue weighted by atomic mass is 9.95. The number of methoxy groups -OCH3 is 1. The van der Waals surface area contributed by atoms with Crippen molar-refractivity contribution in [2.75, 3.05) is 20.2 Å². The van der Waals surface area contributed by atoms with Crippen LogP contribution in [0.3, 0.4) is 0 Å². The van der Waals surface area contributed by atoms with Crippen LogP contribution in [-0.2, 0) is 16.4 Å².